The molecule has 2 saturated carbocycles. The van der Waals surface area contributed by atoms with Gasteiger partial charge in [0.25, 0.3) is 0 Å². The van der Waals surface area contributed by atoms with Crippen molar-refractivity contribution in [2.45, 2.75) is 68.9 Å². The molecular formula is C18H27NO. The van der Waals surface area contributed by atoms with Crippen LogP contribution in [0.1, 0.15) is 62.8 Å². The molecule has 3 rings (SSSR count). The molecule has 2 aliphatic rings. The van der Waals surface area contributed by atoms with Crippen molar-refractivity contribution in [3.05, 3.63) is 35.9 Å². The van der Waals surface area contributed by atoms with Crippen LogP contribution in [0.25, 0.3) is 0 Å². The van der Waals surface area contributed by atoms with Crippen LogP contribution in [-0.2, 0) is 0 Å². The van der Waals surface area contributed by atoms with Gasteiger partial charge in [0.05, 0.1) is 5.60 Å². The fourth-order valence-electron chi connectivity index (χ4n) is 3.68. The zero-order chi connectivity index (χ0) is 13.8. The molecule has 0 heterocycles. The average molecular weight is 273 g/mol. The van der Waals surface area contributed by atoms with E-state index in [0.717, 1.165) is 25.3 Å². The summed E-state index contributed by atoms with van der Waals surface area (Å²) >= 11 is 0. The van der Waals surface area contributed by atoms with E-state index in [1.54, 1.807) is 0 Å². The molecule has 2 fully saturated rings. The van der Waals surface area contributed by atoms with Gasteiger partial charge in [-0.25, -0.2) is 0 Å². The maximum Gasteiger partial charge on any atom is 0.0771 e. The Morgan fingerprint density at radius 3 is 2.30 bits per heavy atom. The summed E-state index contributed by atoms with van der Waals surface area (Å²) in [4.78, 5) is 0. The molecule has 2 heteroatoms. The molecule has 0 radical (unpaired) electrons. The van der Waals surface area contributed by atoms with Gasteiger partial charge in [-0.05, 0) is 37.2 Å². The number of benzene rings is 1. The normalized spacial score (nSPS) is 29.4. The minimum Gasteiger partial charge on any atom is -0.389 e. The SMILES string of the molecule is OC1(CNC2CC(c3ccccc3)C2)CCCCCC1. The van der Waals surface area contributed by atoms with Crippen LogP contribution in [0, 0.1) is 0 Å². The molecule has 0 bridgehead atoms. The Kier molecular flexibility index (Phi) is 4.42. The van der Waals surface area contributed by atoms with Crippen molar-refractivity contribution < 1.29 is 5.11 Å². The van der Waals surface area contributed by atoms with E-state index in [9.17, 15) is 5.11 Å². The van der Waals surface area contributed by atoms with Gasteiger partial charge in [0.2, 0.25) is 0 Å². The van der Waals surface area contributed by atoms with E-state index < -0.39 is 5.60 Å². The summed E-state index contributed by atoms with van der Waals surface area (Å²) in [5.41, 5.74) is 1.03. The molecule has 2 nitrogen and oxygen atoms in total. The highest BCUT2D eigenvalue weighted by atomic mass is 16.3. The van der Waals surface area contributed by atoms with Crippen LogP contribution in [0.15, 0.2) is 30.3 Å². The Hall–Kier alpha value is -0.860. The molecule has 2 N–H and O–H groups in total. The van der Waals surface area contributed by atoms with Crippen LogP contribution in [0.2, 0.25) is 0 Å². The Morgan fingerprint density at radius 1 is 1.00 bits per heavy atom. The average Bonchev–Trinajstić information content (AvgIpc) is 2.63. The standard InChI is InChI=1S/C18H27NO/c20-18(10-6-1-2-7-11-18)14-19-17-12-16(13-17)15-8-4-3-5-9-15/h3-5,8-9,16-17,19-20H,1-2,6-7,10-14H2. The monoisotopic (exact) mass is 273 g/mol. The third-order valence-corrected chi connectivity index (χ3v) is 5.16. The van der Waals surface area contributed by atoms with Crippen molar-refractivity contribution in [2.75, 3.05) is 6.54 Å². The van der Waals surface area contributed by atoms with Crippen molar-refractivity contribution in [2.24, 2.45) is 0 Å². The van der Waals surface area contributed by atoms with Crippen LogP contribution in [-0.4, -0.2) is 23.3 Å². The first-order valence-electron chi connectivity index (χ1n) is 8.26. The molecule has 2 aliphatic carbocycles. The van der Waals surface area contributed by atoms with E-state index in [1.165, 1.54) is 44.1 Å². The minimum atomic E-state index is -0.436. The second kappa shape index (κ2) is 6.28. The van der Waals surface area contributed by atoms with Gasteiger partial charge < -0.3 is 10.4 Å². The minimum absolute atomic E-state index is 0.436. The van der Waals surface area contributed by atoms with E-state index in [2.05, 4.69) is 35.6 Å². The fraction of sp³-hybridized carbons (Fsp3) is 0.667. The Morgan fingerprint density at radius 2 is 1.65 bits per heavy atom. The predicted molar refractivity (Wildman–Crippen MR) is 82.9 cm³/mol. The molecule has 0 spiro atoms. The second-order valence-corrected chi connectivity index (χ2v) is 6.80. The summed E-state index contributed by atoms with van der Waals surface area (Å²) in [6.07, 6.45) is 9.37. The lowest BCUT2D eigenvalue weighted by Crippen LogP contribution is -2.48. The molecule has 0 amide bonds. The Labute approximate surface area is 122 Å². The molecule has 1 aromatic carbocycles. The molecule has 0 atom stereocenters. The van der Waals surface area contributed by atoms with Crippen molar-refractivity contribution in [1.29, 1.82) is 0 Å². The smallest absolute Gasteiger partial charge is 0.0771 e. The maximum atomic E-state index is 10.6. The lowest BCUT2D eigenvalue weighted by atomic mass is 9.75. The summed E-state index contributed by atoms with van der Waals surface area (Å²) in [6.45, 7) is 0.791. The van der Waals surface area contributed by atoms with Gasteiger partial charge in [-0.15, -0.1) is 0 Å². The molecule has 1 aromatic rings. The zero-order valence-corrected chi connectivity index (χ0v) is 12.4. The largest absolute Gasteiger partial charge is 0.389 e. The summed E-state index contributed by atoms with van der Waals surface area (Å²) in [5, 5.41) is 14.2. The van der Waals surface area contributed by atoms with E-state index in [4.69, 9.17) is 0 Å². The number of hydrogen-bond donors (Lipinski definition) is 2. The van der Waals surface area contributed by atoms with Crippen LogP contribution < -0.4 is 5.32 Å². The van der Waals surface area contributed by atoms with Gasteiger partial charge in [-0.3, -0.25) is 0 Å². The molecule has 0 aliphatic heterocycles. The first-order chi connectivity index (χ1) is 9.75. The third-order valence-electron chi connectivity index (χ3n) is 5.16. The molecule has 20 heavy (non-hydrogen) atoms. The third kappa shape index (κ3) is 3.42. The lowest BCUT2D eigenvalue weighted by molar-refractivity contribution is 0.0192. The fourth-order valence-corrected chi connectivity index (χ4v) is 3.68. The van der Waals surface area contributed by atoms with Crippen LogP contribution in [0.5, 0.6) is 0 Å². The van der Waals surface area contributed by atoms with Crippen molar-refractivity contribution in [1.82, 2.24) is 5.32 Å². The Balaban J connectivity index is 1.42. The number of rotatable bonds is 4. The first-order valence-corrected chi connectivity index (χ1v) is 8.26. The molecule has 0 saturated heterocycles. The predicted octanol–water partition coefficient (Wildman–Crippen LogP) is 3.61. The van der Waals surface area contributed by atoms with Gasteiger partial charge in [0, 0.05) is 12.6 Å². The lowest BCUT2D eigenvalue weighted by Gasteiger charge is -2.39. The maximum absolute atomic E-state index is 10.6. The Bertz CT molecular complexity index is 403. The quantitative estimate of drug-likeness (QED) is 0.821. The molecular weight excluding hydrogens is 246 g/mol. The summed E-state index contributed by atoms with van der Waals surface area (Å²) in [5.74, 6) is 0.720. The van der Waals surface area contributed by atoms with Crippen molar-refractivity contribution >= 4 is 0 Å². The number of hydrogen-bond acceptors (Lipinski definition) is 2. The molecule has 0 unspecified atom stereocenters. The summed E-state index contributed by atoms with van der Waals surface area (Å²) in [6, 6.07) is 11.4. The van der Waals surface area contributed by atoms with Crippen LogP contribution in [0.4, 0.5) is 0 Å². The molecule has 0 aromatic heterocycles. The highest BCUT2D eigenvalue weighted by Crippen LogP contribution is 2.37. The molecule has 110 valence electrons. The van der Waals surface area contributed by atoms with Crippen molar-refractivity contribution in [3.8, 4) is 0 Å². The van der Waals surface area contributed by atoms with Gasteiger partial charge in [-0.1, -0.05) is 56.0 Å². The van der Waals surface area contributed by atoms with Crippen LogP contribution >= 0.6 is 0 Å². The van der Waals surface area contributed by atoms with Gasteiger partial charge in [0.15, 0.2) is 0 Å². The number of aliphatic hydroxyl groups is 1. The van der Waals surface area contributed by atoms with Gasteiger partial charge in [-0.2, -0.15) is 0 Å². The van der Waals surface area contributed by atoms with Crippen LogP contribution in [0.3, 0.4) is 0 Å². The van der Waals surface area contributed by atoms with E-state index in [1.807, 2.05) is 0 Å². The summed E-state index contributed by atoms with van der Waals surface area (Å²) < 4.78 is 0. The first kappa shape index (κ1) is 14.1. The van der Waals surface area contributed by atoms with E-state index in [-0.39, 0.29) is 0 Å². The van der Waals surface area contributed by atoms with E-state index in [0.29, 0.717) is 6.04 Å². The topological polar surface area (TPSA) is 32.3 Å². The second-order valence-electron chi connectivity index (χ2n) is 6.80. The van der Waals surface area contributed by atoms with Gasteiger partial charge in [0.1, 0.15) is 0 Å². The van der Waals surface area contributed by atoms with E-state index >= 15 is 0 Å². The highest BCUT2D eigenvalue weighted by Gasteiger charge is 2.33. The van der Waals surface area contributed by atoms with Crippen molar-refractivity contribution in [3.63, 3.8) is 0 Å². The summed E-state index contributed by atoms with van der Waals surface area (Å²) in [7, 11) is 0. The van der Waals surface area contributed by atoms with Gasteiger partial charge >= 0.3 is 0 Å². The zero-order valence-electron chi connectivity index (χ0n) is 12.4. The highest BCUT2D eigenvalue weighted by molar-refractivity contribution is 5.22. The number of nitrogens with one attached hydrogen (secondary N) is 1.